The molecule has 2 nitrogen and oxygen atoms in total. The van der Waals surface area contributed by atoms with Crippen molar-refractivity contribution in [2.75, 3.05) is 13.1 Å². The average molecular weight is 352 g/mol. The zero-order chi connectivity index (χ0) is 18.2. The van der Waals surface area contributed by atoms with Gasteiger partial charge in [0.2, 0.25) is 5.91 Å². The molecular formula is C23H45NO. The summed E-state index contributed by atoms with van der Waals surface area (Å²) >= 11 is 0. The maximum Gasteiger partial charge on any atom is 0.225 e. The molecule has 148 valence electrons. The molecule has 1 amide bonds. The highest BCUT2D eigenvalue weighted by molar-refractivity contribution is 5.78. The Morgan fingerprint density at radius 1 is 0.680 bits per heavy atom. The quantitative estimate of drug-likeness (QED) is 0.323. The lowest BCUT2D eigenvalue weighted by Gasteiger charge is -2.29. The largest absolute Gasteiger partial charge is 0.342 e. The van der Waals surface area contributed by atoms with Gasteiger partial charge < -0.3 is 4.90 Å². The van der Waals surface area contributed by atoms with Crippen molar-refractivity contribution in [2.45, 2.75) is 123 Å². The Bertz CT molecular complexity index is 293. The third-order valence-corrected chi connectivity index (χ3v) is 5.83. The van der Waals surface area contributed by atoms with Crippen molar-refractivity contribution in [2.24, 2.45) is 5.92 Å². The van der Waals surface area contributed by atoms with Gasteiger partial charge in [0, 0.05) is 19.0 Å². The first-order valence-electron chi connectivity index (χ1n) is 11.6. The van der Waals surface area contributed by atoms with Gasteiger partial charge in [-0.05, 0) is 25.7 Å². The third kappa shape index (κ3) is 10.9. The van der Waals surface area contributed by atoms with Crippen LogP contribution in [0.5, 0.6) is 0 Å². The van der Waals surface area contributed by atoms with E-state index in [0.717, 1.165) is 25.9 Å². The van der Waals surface area contributed by atoms with E-state index in [0.29, 0.717) is 11.8 Å². The Balaban J connectivity index is 2.43. The van der Waals surface area contributed by atoms with Gasteiger partial charge in [0.1, 0.15) is 0 Å². The molecule has 1 aliphatic heterocycles. The molecule has 0 atom stereocenters. The summed E-state index contributed by atoms with van der Waals surface area (Å²) in [7, 11) is 0. The minimum Gasteiger partial charge on any atom is -0.342 e. The molecule has 0 bridgehead atoms. The van der Waals surface area contributed by atoms with Crippen LogP contribution in [0.1, 0.15) is 123 Å². The van der Waals surface area contributed by atoms with Crippen molar-refractivity contribution < 1.29 is 4.79 Å². The Hall–Kier alpha value is -0.530. The third-order valence-electron chi connectivity index (χ3n) is 5.83. The summed E-state index contributed by atoms with van der Waals surface area (Å²) in [4.78, 5) is 15.4. The highest BCUT2D eigenvalue weighted by Gasteiger charge is 2.23. The second kappa shape index (κ2) is 15.7. The first-order chi connectivity index (χ1) is 12.3. The topological polar surface area (TPSA) is 20.3 Å². The van der Waals surface area contributed by atoms with E-state index in [2.05, 4.69) is 18.7 Å². The molecule has 1 rings (SSSR count). The van der Waals surface area contributed by atoms with Gasteiger partial charge in [-0.2, -0.15) is 0 Å². The zero-order valence-electron chi connectivity index (χ0n) is 17.4. The van der Waals surface area contributed by atoms with Crippen molar-refractivity contribution in [1.29, 1.82) is 0 Å². The molecule has 0 aromatic heterocycles. The van der Waals surface area contributed by atoms with E-state index < -0.39 is 0 Å². The van der Waals surface area contributed by atoms with Gasteiger partial charge >= 0.3 is 0 Å². The standard InChI is InChI=1S/C23H45NO/c1-3-5-7-10-14-18-22(19-15-11-8-6-4-2)23(25)24-20-16-12-9-13-17-21-24/h22H,3-21H2,1-2H3. The molecule has 1 saturated heterocycles. The molecule has 0 N–H and O–H groups in total. The van der Waals surface area contributed by atoms with Crippen LogP contribution in [0.3, 0.4) is 0 Å². The number of amides is 1. The number of likely N-dealkylation sites (tertiary alicyclic amines) is 1. The normalized spacial score (nSPS) is 16.0. The Morgan fingerprint density at radius 2 is 1.12 bits per heavy atom. The fourth-order valence-corrected chi connectivity index (χ4v) is 4.11. The SMILES string of the molecule is CCCCCCCC(CCCCCCC)C(=O)N1CCCCCCC1. The molecule has 0 spiro atoms. The van der Waals surface area contributed by atoms with Crippen LogP contribution >= 0.6 is 0 Å². The Labute approximate surface area is 158 Å². The van der Waals surface area contributed by atoms with E-state index in [4.69, 9.17) is 0 Å². The molecular weight excluding hydrogens is 306 g/mol. The fourth-order valence-electron chi connectivity index (χ4n) is 4.11. The van der Waals surface area contributed by atoms with Gasteiger partial charge in [-0.25, -0.2) is 0 Å². The summed E-state index contributed by atoms with van der Waals surface area (Å²) in [6, 6.07) is 0. The number of hydrogen-bond donors (Lipinski definition) is 0. The maximum atomic E-state index is 13.1. The average Bonchev–Trinajstić information content (AvgIpc) is 2.59. The lowest BCUT2D eigenvalue weighted by molar-refractivity contribution is -0.136. The van der Waals surface area contributed by atoms with E-state index >= 15 is 0 Å². The van der Waals surface area contributed by atoms with Crippen molar-refractivity contribution in [3.8, 4) is 0 Å². The second-order valence-corrected chi connectivity index (χ2v) is 8.20. The van der Waals surface area contributed by atoms with Gasteiger partial charge in [0.25, 0.3) is 0 Å². The molecule has 25 heavy (non-hydrogen) atoms. The number of unbranched alkanes of at least 4 members (excludes halogenated alkanes) is 8. The van der Waals surface area contributed by atoms with Crippen LogP contribution < -0.4 is 0 Å². The number of rotatable bonds is 13. The summed E-state index contributed by atoms with van der Waals surface area (Å²) < 4.78 is 0. The molecule has 2 heteroatoms. The smallest absolute Gasteiger partial charge is 0.225 e. The van der Waals surface area contributed by atoms with E-state index in [-0.39, 0.29) is 0 Å². The monoisotopic (exact) mass is 351 g/mol. The Morgan fingerprint density at radius 3 is 1.60 bits per heavy atom. The van der Waals surface area contributed by atoms with Gasteiger partial charge in [-0.1, -0.05) is 97.3 Å². The summed E-state index contributed by atoms with van der Waals surface area (Å²) in [5, 5.41) is 0. The minimum absolute atomic E-state index is 0.308. The summed E-state index contributed by atoms with van der Waals surface area (Å²) in [5.41, 5.74) is 0. The van der Waals surface area contributed by atoms with Crippen molar-refractivity contribution >= 4 is 5.91 Å². The van der Waals surface area contributed by atoms with E-state index in [1.54, 1.807) is 0 Å². The maximum absolute atomic E-state index is 13.1. The van der Waals surface area contributed by atoms with Gasteiger partial charge in [-0.15, -0.1) is 0 Å². The van der Waals surface area contributed by atoms with Gasteiger partial charge in [0.05, 0.1) is 0 Å². The van der Waals surface area contributed by atoms with Crippen molar-refractivity contribution in [3.63, 3.8) is 0 Å². The van der Waals surface area contributed by atoms with Crippen molar-refractivity contribution in [3.05, 3.63) is 0 Å². The summed E-state index contributed by atoms with van der Waals surface area (Å²) in [6.07, 6.45) is 21.8. The van der Waals surface area contributed by atoms with Crippen LogP contribution in [0.15, 0.2) is 0 Å². The van der Waals surface area contributed by atoms with Gasteiger partial charge in [0.15, 0.2) is 0 Å². The lowest BCUT2D eigenvalue weighted by Crippen LogP contribution is -2.38. The van der Waals surface area contributed by atoms with Crippen LogP contribution in [0.2, 0.25) is 0 Å². The first kappa shape index (κ1) is 22.5. The minimum atomic E-state index is 0.308. The first-order valence-corrected chi connectivity index (χ1v) is 11.6. The predicted octanol–water partition coefficient (Wildman–Crippen LogP) is 7.12. The fraction of sp³-hybridized carbons (Fsp3) is 0.957. The van der Waals surface area contributed by atoms with Crippen LogP contribution in [0, 0.1) is 5.92 Å². The molecule has 0 aliphatic carbocycles. The lowest BCUT2D eigenvalue weighted by atomic mass is 9.92. The zero-order valence-corrected chi connectivity index (χ0v) is 17.4. The van der Waals surface area contributed by atoms with Gasteiger partial charge in [-0.3, -0.25) is 4.79 Å². The van der Waals surface area contributed by atoms with Crippen LogP contribution in [0.25, 0.3) is 0 Å². The molecule has 0 radical (unpaired) electrons. The number of hydrogen-bond acceptors (Lipinski definition) is 1. The molecule has 1 heterocycles. The number of carbonyl (C=O) groups is 1. The van der Waals surface area contributed by atoms with E-state index in [1.165, 1.54) is 96.3 Å². The molecule has 0 saturated carbocycles. The summed E-state index contributed by atoms with van der Waals surface area (Å²) in [5.74, 6) is 0.801. The highest BCUT2D eigenvalue weighted by Crippen LogP contribution is 2.23. The predicted molar refractivity (Wildman–Crippen MR) is 110 cm³/mol. The molecule has 0 aromatic rings. The Kier molecular flexibility index (Phi) is 14.1. The summed E-state index contributed by atoms with van der Waals surface area (Å²) in [6.45, 7) is 6.57. The molecule has 0 unspecified atom stereocenters. The van der Waals surface area contributed by atoms with E-state index in [9.17, 15) is 4.79 Å². The van der Waals surface area contributed by atoms with E-state index in [1.807, 2.05) is 0 Å². The molecule has 1 aliphatic rings. The van der Waals surface area contributed by atoms with Crippen molar-refractivity contribution in [1.82, 2.24) is 4.90 Å². The second-order valence-electron chi connectivity index (χ2n) is 8.20. The van der Waals surface area contributed by atoms with Crippen LogP contribution in [-0.2, 0) is 4.79 Å². The number of carbonyl (C=O) groups excluding carboxylic acids is 1. The molecule has 1 fully saturated rings. The molecule has 0 aromatic carbocycles. The highest BCUT2D eigenvalue weighted by atomic mass is 16.2. The van der Waals surface area contributed by atoms with Crippen LogP contribution in [0.4, 0.5) is 0 Å². The number of nitrogens with zero attached hydrogens (tertiary/aromatic N) is 1. The van der Waals surface area contributed by atoms with Crippen LogP contribution in [-0.4, -0.2) is 23.9 Å².